The summed E-state index contributed by atoms with van der Waals surface area (Å²) in [6.45, 7) is 5.83. The van der Waals surface area contributed by atoms with Crippen LogP contribution in [0.1, 0.15) is 13.8 Å². The van der Waals surface area contributed by atoms with Crippen molar-refractivity contribution in [1.82, 2.24) is 29.4 Å². The van der Waals surface area contributed by atoms with Gasteiger partial charge in [0.15, 0.2) is 17.1 Å². The Morgan fingerprint density at radius 2 is 2.00 bits per heavy atom. The number of aryl methyl sites for hydroxylation is 1. The van der Waals surface area contributed by atoms with E-state index in [9.17, 15) is 0 Å². The fourth-order valence-electron chi connectivity index (χ4n) is 2.71. The molecule has 0 radical (unpaired) electrons. The van der Waals surface area contributed by atoms with Crippen molar-refractivity contribution in [3.05, 3.63) is 24.6 Å². The van der Waals surface area contributed by atoms with E-state index < -0.39 is 0 Å². The summed E-state index contributed by atoms with van der Waals surface area (Å²) >= 11 is 0. The van der Waals surface area contributed by atoms with Gasteiger partial charge in [0.05, 0.1) is 11.6 Å². The van der Waals surface area contributed by atoms with Crippen LogP contribution in [0, 0.1) is 0 Å². The smallest absolute Gasteiger partial charge is 0.230 e. The van der Waals surface area contributed by atoms with Crippen molar-refractivity contribution in [2.24, 2.45) is 7.05 Å². The predicted octanol–water partition coefficient (Wildman–Crippen LogP) is 2.12. The van der Waals surface area contributed by atoms with Crippen molar-refractivity contribution in [3.63, 3.8) is 0 Å². The van der Waals surface area contributed by atoms with E-state index in [4.69, 9.17) is 4.42 Å². The summed E-state index contributed by atoms with van der Waals surface area (Å²) < 4.78 is 8.94. The fourth-order valence-corrected chi connectivity index (χ4v) is 2.71. The number of furan rings is 1. The van der Waals surface area contributed by atoms with Gasteiger partial charge < -0.3 is 9.32 Å². The van der Waals surface area contributed by atoms with E-state index in [2.05, 4.69) is 38.9 Å². The molecule has 0 fully saturated rings. The van der Waals surface area contributed by atoms with E-state index in [0.717, 1.165) is 30.1 Å². The zero-order valence-electron chi connectivity index (χ0n) is 13.3. The van der Waals surface area contributed by atoms with Crippen LogP contribution in [0.4, 0.5) is 5.95 Å². The van der Waals surface area contributed by atoms with Crippen LogP contribution in [0.5, 0.6) is 0 Å². The molecule has 0 atom stereocenters. The highest BCUT2D eigenvalue weighted by atomic mass is 16.3. The SMILES string of the molecule is CCN(CC)c1nc2nn(C)cc2c2nc(-c3ccco3)nn12. The highest BCUT2D eigenvalue weighted by Gasteiger charge is 2.19. The molecule has 0 bridgehead atoms. The number of nitrogens with zero attached hydrogens (tertiary/aromatic N) is 7. The molecule has 4 aromatic heterocycles. The lowest BCUT2D eigenvalue weighted by Crippen LogP contribution is -2.26. The molecule has 0 saturated carbocycles. The Balaban J connectivity index is 2.06. The van der Waals surface area contributed by atoms with Crippen LogP contribution in [-0.2, 0) is 7.05 Å². The second-order valence-electron chi connectivity index (χ2n) is 5.27. The first-order valence-electron chi connectivity index (χ1n) is 7.60. The molecule has 0 spiro atoms. The maximum atomic E-state index is 5.43. The van der Waals surface area contributed by atoms with Crippen LogP contribution in [0.3, 0.4) is 0 Å². The van der Waals surface area contributed by atoms with Crippen LogP contribution in [-0.4, -0.2) is 42.5 Å². The van der Waals surface area contributed by atoms with Crippen LogP contribution in [0.2, 0.25) is 0 Å². The summed E-state index contributed by atoms with van der Waals surface area (Å²) in [5.74, 6) is 1.92. The Labute approximate surface area is 132 Å². The number of aromatic nitrogens is 6. The maximum absolute atomic E-state index is 5.43. The van der Waals surface area contributed by atoms with Gasteiger partial charge in [-0.05, 0) is 26.0 Å². The number of hydrogen-bond acceptors (Lipinski definition) is 6. The molecule has 0 amide bonds. The van der Waals surface area contributed by atoms with E-state index in [1.807, 2.05) is 25.4 Å². The second-order valence-corrected chi connectivity index (χ2v) is 5.27. The van der Waals surface area contributed by atoms with Gasteiger partial charge in [-0.15, -0.1) is 5.10 Å². The molecule has 8 nitrogen and oxygen atoms in total. The minimum Gasteiger partial charge on any atom is -0.461 e. The van der Waals surface area contributed by atoms with Crippen LogP contribution < -0.4 is 4.90 Å². The molecule has 0 unspecified atom stereocenters. The van der Waals surface area contributed by atoms with Gasteiger partial charge in [0.1, 0.15) is 0 Å². The third-order valence-corrected chi connectivity index (χ3v) is 3.84. The second kappa shape index (κ2) is 5.08. The summed E-state index contributed by atoms with van der Waals surface area (Å²) in [7, 11) is 1.87. The van der Waals surface area contributed by atoms with Crippen molar-refractivity contribution >= 4 is 22.6 Å². The normalized spacial score (nSPS) is 11.6. The summed E-state index contributed by atoms with van der Waals surface area (Å²) in [4.78, 5) is 11.5. The number of rotatable bonds is 4. The highest BCUT2D eigenvalue weighted by Crippen LogP contribution is 2.25. The average molecular weight is 311 g/mol. The van der Waals surface area contributed by atoms with Gasteiger partial charge >= 0.3 is 0 Å². The van der Waals surface area contributed by atoms with E-state index >= 15 is 0 Å². The summed E-state index contributed by atoms with van der Waals surface area (Å²) in [5, 5.41) is 9.89. The number of fused-ring (bicyclic) bond motifs is 3. The van der Waals surface area contributed by atoms with Crippen LogP contribution >= 0.6 is 0 Å². The highest BCUT2D eigenvalue weighted by molar-refractivity contribution is 5.90. The van der Waals surface area contributed by atoms with Gasteiger partial charge in [-0.3, -0.25) is 4.68 Å². The Bertz CT molecular complexity index is 963. The fraction of sp³-hybridized carbons (Fsp3) is 0.333. The molecule has 0 aliphatic carbocycles. The largest absolute Gasteiger partial charge is 0.461 e. The van der Waals surface area contributed by atoms with Crippen molar-refractivity contribution in [2.45, 2.75) is 13.8 Å². The molecule has 0 N–H and O–H groups in total. The Hall–Kier alpha value is -2.90. The Kier molecular flexibility index (Phi) is 3.03. The van der Waals surface area contributed by atoms with Crippen molar-refractivity contribution in [2.75, 3.05) is 18.0 Å². The molecular weight excluding hydrogens is 294 g/mol. The van der Waals surface area contributed by atoms with E-state index in [1.54, 1.807) is 15.5 Å². The minimum atomic E-state index is 0.543. The quantitative estimate of drug-likeness (QED) is 0.574. The first-order chi connectivity index (χ1) is 11.2. The zero-order chi connectivity index (χ0) is 16.0. The van der Waals surface area contributed by atoms with Gasteiger partial charge in [-0.25, -0.2) is 4.98 Å². The zero-order valence-corrected chi connectivity index (χ0v) is 13.3. The molecular formula is C15H17N7O. The molecule has 4 rings (SSSR count). The predicted molar refractivity (Wildman–Crippen MR) is 86.3 cm³/mol. The van der Waals surface area contributed by atoms with E-state index in [1.165, 1.54) is 0 Å². The Morgan fingerprint density at radius 1 is 1.17 bits per heavy atom. The van der Waals surface area contributed by atoms with Gasteiger partial charge in [-0.2, -0.15) is 14.6 Å². The number of hydrogen-bond donors (Lipinski definition) is 0. The molecule has 23 heavy (non-hydrogen) atoms. The first kappa shape index (κ1) is 13.7. The topological polar surface area (TPSA) is 77.3 Å². The summed E-state index contributed by atoms with van der Waals surface area (Å²) in [6, 6.07) is 3.67. The standard InChI is InChI=1S/C15H17N7O/c1-4-21(5-2)15-17-12-10(9-20(3)18-12)14-16-13(19-22(14)15)11-7-6-8-23-11/h6-9H,4-5H2,1-3H3. The number of anilines is 1. The van der Waals surface area contributed by atoms with Crippen LogP contribution in [0.15, 0.2) is 29.0 Å². The summed E-state index contributed by atoms with van der Waals surface area (Å²) in [5.41, 5.74) is 1.40. The lowest BCUT2D eigenvalue weighted by atomic mass is 10.4. The van der Waals surface area contributed by atoms with Gasteiger partial charge in [-0.1, -0.05) is 0 Å². The monoisotopic (exact) mass is 311 g/mol. The van der Waals surface area contributed by atoms with Gasteiger partial charge in [0.2, 0.25) is 11.8 Å². The average Bonchev–Trinajstić information content (AvgIpc) is 3.25. The van der Waals surface area contributed by atoms with E-state index in [0.29, 0.717) is 17.2 Å². The van der Waals surface area contributed by atoms with Gasteiger partial charge in [0, 0.05) is 26.3 Å². The van der Waals surface area contributed by atoms with E-state index in [-0.39, 0.29) is 0 Å². The van der Waals surface area contributed by atoms with Crippen LogP contribution in [0.25, 0.3) is 28.3 Å². The van der Waals surface area contributed by atoms with Crippen molar-refractivity contribution in [3.8, 4) is 11.6 Å². The molecule has 0 aliphatic rings. The lowest BCUT2D eigenvalue weighted by molar-refractivity contribution is 0.577. The Morgan fingerprint density at radius 3 is 2.70 bits per heavy atom. The molecule has 4 heterocycles. The molecule has 118 valence electrons. The van der Waals surface area contributed by atoms with Crippen molar-refractivity contribution < 1.29 is 4.42 Å². The lowest BCUT2D eigenvalue weighted by Gasteiger charge is -2.19. The third kappa shape index (κ3) is 2.06. The molecule has 0 aliphatic heterocycles. The molecule has 8 heteroatoms. The molecule has 4 aromatic rings. The third-order valence-electron chi connectivity index (χ3n) is 3.84. The van der Waals surface area contributed by atoms with Gasteiger partial charge in [0.25, 0.3) is 0 Å². The minimum absolute atomic E-state index is 0.543. The van der Waals surface area contributed by atoms with Crippen molar-refractivity contribution in [1.29, 1.82) is 0 Å². The molecule has 0 aromatic carbocycles. The molecule has 0 saturated heterocycles. The first-order valence-corrected chi connectivity index (χ1v) is 7.60. The maximum Gasteiger partial charge on any atom is 0.230 e. The summed E-state index contributed by atoms with van der Waals surface area (Å²) in [6.07, 6.45) is 3.52.